The van der Waals surface area contributed by atoms with Crippen LogP contribution in [0.15, 0.2) is 42.6 Å². The molecular weight excluding hydrogens is 721 g/mol. The normalized spacial score (nSPS) is 25.9. The number of benzene rings is 2. The molecule has 4 aliphatic rings. The third-order valence-corrected chi connectivity index (χ3v) is 19.0. The van der Waals surface area contributed by atoms with Gasteiger partial charge >= 0.3 is 6.01 Å². The maximum absolute atomic E-state index is 17.5. The molecule has 12 heteroatoms. The predicted molar refractivity (Wildman–Crippen MR) is 214 cm³/mol. The molecule has 1 aliphatic carbocycles. The fourth-order valence-electron chi connectivity index (χ4n) is 10.0. The highest BCUT2D eigenvalue weighted by Gasteiger charge is 2.55. The summed E-state index contributed by atoms with van der Waals surface area (Å²) >= 11 is 0. The molecule has 0 bridgehead atoms. The van der Waals surface area contributed by atoms with E-state index in [-0.39, 0.29) is 75.6 Å². The van der Waals surface area contributed by atoms with Gasteiger partial charge in [-0.15, -0.1) is 5.54 Å². The third kappa shape index (κ3) is 6.26. The minimum Gasteiger partial charge on any atom is -0.461 e. The number of halogens is 4. The molecule has 0 radical (unpaired) electrons. The van der Waals surface area contributed by atoms with Gasteiger partial charge < -0.3 is 15.4 Å². The van der Waals surface area contributed by atoms with Crippen molar-refractivity contribution in [3.63, 3.8) is 0 Å². The Morgan fingerprint density at radius 1 is 1.07 bits per heavy atom. The smallest absolute Gasteiger partial charge is 0.319 e. The van der Waals surface area contributed by atoms with Crippen molar-refractivity contribution in [2.45, 2.75) is 108 Å². The summed E-state index contributed by atoms with van der Waals surface area (Å²) in [6.45, 7) is 11.5. The Bertz CT molecular complexity index is 2330. The van der Waals surface area contributed by atoms with Crippen LogP contribution < -0.4 is 15.4 Å². The van der Waals surface area contributed by atoms with Crippen molar-refractivity contribution in [3.05, 3.63) is 59.8 Å². The molecule has 4 aromatic rings. The maximum Gasteiger partial charge on any atom is 0.319 e. The van der Waals surface area contributed by atoms with E-state index >= 15 is 13.2 Å². The van der Waals surface area contributed by atoms with Gasteiger partial charge in [-0.2, -0.15) is 9.97 Å². The van der Waals surface area contributed by atoms with Crippen LogP contribution in [0.1, 0.15) is 75.5 Å². The van der Waals surface area contributed by atoms with Crippen molar-refractivity contribution in [1.29, 1.82) is 0 Å². The Balaban J connectivity index is 1.33. The number of anilines is 2. The van der Waals surface area contributed by atoms with Crippen LogP contribution >= 0.6 is 0 Å². The molecule has 0 spiro atoms. The molecule has 3 fully saturated rings. The van der Waals surface area contributed by atoms with Crippen LogP contribution in [0.5, 0.6) is 6.01 Å². The van der Waals surface area contributed by atoms with E-state index in [0.29, 0.717) is 42.3 Å². The lowest BCUT2D eigenvalue weighted by Gasteiger charge is -2.38. The number of hydrogen-bond donors (Lipinski definition) is 1. The fourth-order valence-corrected chi connectivity index (χ4v) is 15.2. The zero-order valence-corrected chi connectivity index (χ0v) is 33.3. The van der Waals surface area contributed by atoms with Gasteiger partial charge in [-0.05, 0) is 66.0 Å². The number of nitrogens with zero attached hydrogens (tertiary/aromatic N) is 5. The van der Waals surface area contributed by atoms with Gasteiger partial charge in [0.25, 0.3) is 0 Å². The largest absolute Gasteiger partial charge is 0.461 e. The molecule has 2 saturated heterocycles. The minimum atomic E-state index is -2.46. The summed E-state index contributed by atoms with van der Waals surface area (Å²) in [5, 5.41) is 1.07. The summed E-state index contributed by atoms with van der Waals surface area (Å²) in [5.41, 5.74) is 9.85. The van der Waals surface area contributed by atoms with Crippen molar-refractivity contribution in [2.75, 3.05) is 36.8 Å². The molecule has 2 aromatic heterocycles. The van der Waals surface area contributed by atoms with Crippen molar-refractivity contribution in [1.82, 2.24) is 19.9 Å². The van der Waals surface area contributed by atoms with E-state index in [0.717, 1.165) is 0 Å². The minimum absolute atomic E-state index is 0.0630. The molecule has 0 unspecified atom stereocenters. The van der Waals surface area contributed by atoms with Crippen molar-refractivity contribution < 1.29 is 25.0 Å². The first-order valence-electron chi connectivity index (χ1n) is 20.6. The van der Waals surface area contributed by atoms with Crippen LogP contribution in [-0.2, 0) is 0 Å². The number of allylic oxidation sites excluding steroid dienone is 1. The summed E-state index contributed by atoms with van der Waals surface area (Å²) in [5.74, 6) is 1.67. The van der Waals surface area contributed by atoms with E-state index < -0.39 is 56.2 Å². The van der Waals surface area contributed by atoms with Gasteiger partial charge in [0.15, 0.2) is 5.82 Å². The predicted octanol–water partition coefficient (Wildman–Crippen LogP) is 9.33. The SMILES string of the molecule is [2H]C([2H])(Oc1nc(N2CC=CC[C@H]3[C@H](F)[C@H]32)c2cnc(-c3cc(N)cc4ccc(F)c(C#C[Si](C(C)C)(C(C)C)C(C)C)c34)c(F)c2n1)[C@@]12CCCN1C[C@H](F)C2. The Morgan fingerprint density at radius 2 is 1.84 bits per heavy atom. The summed E-state index contributed by atoms with van der Waals surface area (Å²) < 4.78 is 88.0. The highest BCUT2D eigenvalue weighted by molar-refractivity contribution is 6.90. The first kappa shape index (κ1) is 35.2. The standard InChI is InChI=1S/C43H50F4N6OSi/c1-24(2)55(25(3)4,26(5)6)17-13-30-34(45)12-11-27-18-29(48)19-32(35(27)30)38-37(47)39-33(21-49-38)41(53-16-8-7-10-31-36(46)40(31)53)51-42(50-39)54-23-43-14-9-15-52(43)22-28(44)20-43/h7-8,11-12,18-19,21,24-26,28,31,36,40H,9-10,14-16,20,22-23,48H2,1-6H3/t28-,31+,36+,40+,43+/m1/s1/i23D2. The molecule has 8 rings (SSSR count). The van der Waals surface area contributed by atoms with Crippen molar-refractivity contribution in [3.8, 4) is 28.7 Å². The number of nitrogens with two attached hydrogens (primary N) is 1. The van der Waals surface area contributed by atoms with Gasteiger partial charge in [0.05, 0.1) is 25.3 Å². The molecule has 55 heavy (non-hydrogen) atoms. The molecule has 290 valence electrons. The van der Waals surface area contributed by atoms with Gasteiger partial charge in [-0.25, -0.2) is 17.6 Å². The number of rotatable bonds is 8. The fraction of sp³-hybridized carbons (Fsp3) is 0.512. The third-order valence-electron chi connectivity index (χ3n) is 12.7. The summed E-state index contributed by atoms with van der Waals surface area (Å²) in [6, 6.07) is 5.16. The molecule has 2 aromatic carbocycles. The van der Waals surface area contributed by atoms with Crippen LogP contribution in [0.3, 0.4) is 0 Å². The second kappa shape index (κ2) is 14.1. The first-order chi connectivity index (χ1) is 27.0. The monoisotopic (exact) mass is 772 g/mol. The quantitative estimate of drug-likeness (QED) is 0.0629. The lowest BCUT2D eigenvalue weighted by atomic mass is 9.95. The average Bonchev–Trinajstić information content (AvgIpc) is 3.50. The Morgan fingerprint density at radius 3 is 2.58 bits per heavy atom. The van der Waals surface area contributed by atoms with Gasteiger partial charge in [0.2, 0.25) is 0 Å². The van der Waals surface area contributed by atoms with Crippen LogP contribution in [0.4, 0.5) is 29.1 Å². The molecule has 7 nitrogen and oxygen atoms in total. The number of ether oxygens (including phenoxy) is 1. The molecule has 3 aliphatic heterocycles. The lowest BCUT2D eigenvalue weighted by molar-refractivity contribution is 0.107. The van der Waals surface area contributed by atoms with Crippen LogP contribution in [0.2, 0.25) is 16.6 Å². The first-order valence-corrected chi connectivity index (χ1v) is 21.8. The second-order valence-corrected chi connectivity index (χ2v) is 22.4. The summed E-state index contributed by atoms with van der Waals surface area (Å²) in [4.78, 5) is 17.2. The zero-order valence-electron chi connectivity index (χ0n) is 34.3. The highest BCUT2D eigenvalue weighted by atomic mass is 28.3. The van der Waals surface area contributed by atoms with Gasteiger partial charge in [-0.3, -0.25) is 9.88 Å². The number of aromatic nitrogens is 3. The number of pyridine rings is 1. The number of hydrogen-bond acceptors (Lipinski definition) is 7. The van der Waals surface area contributed by atoms with E-state index in [1.54, 1.807) is 28.0 Å². The van der Waals surface area contributed by atoms with Gasteiger partial charge in [0, 0.05) is 48.3 Å². The Hall–Kier alpha value is -4.21. The van der Waals surface area contributed by atoms with Gasteiger partial charge in [-0.1, -0.05) is 65.7 Å². The van der Waals surface area contributed by atoms with E-state index in [4.69, 9.17) is 13.2 Å². The van der Waals surface area contributed by atoms with E-state index in [1.165, 1.54) is 12.3 Å². The van der Waals surface area contributed by atoms with Gasteiger partial charge in [0.1, 0.15) is 49.8 Å². The van der Waals surface area contributed by atoms with E-state index in [1.807, 2.05) is 12.2 Å². The molecule has 0 amide bonds. The number of nitrogen functional groups attached to an aromatic ring is 1. The number of alkyl halides is 2. The lowest BCUT2D eigenvalue weighted by Crippen LogP contribution is -2.43. The van der Waals surface area contributed by atoms with E-state index in [9.17, 15) is 4.39 Å². The van der Waals surface area contributed by atoms with Crippen LogP contribution in [-0.4, -0.2) is 78.0 Å². The summed E-state index contributed by atoms with van der Waals surface area (Å²) in [7, 11) is -2.32. The van der Waals surface area contributed by atoms with Crippen molar-refractivity contribution in [2.24, 2.45) is 5.92 Å². The molecule has 5 atom stereocenters. The Kier molecular flexibility index (Phi) is 9.01. The topological polar surface area (TPSA) is 80.4 Å². The van der Waals surface area contributed by atoms with Crippen molar-refractivity contribution >= 4 is 41.3 Å². The zero-order chi connectivity index (χ0) is 40.8. The Labute approximate surface area is 324 Å². The number of fused-ring (bicyclic) bond motifs is 4. The second-order valence-electron chi connectivity index (χ2n) is 16.8. The molecule has 1 saturated carbocycles. The average molecular weight is 773 g/mol. The van der Waals surface area contributed by atoms with Crippen LogP contribution in [0.25, 0.3) is 32.9 Å². The molecule has 2 N–H and O–H groups in total. The molecule has 5 heterocycles. The maximum atomic E-state index is 17.5. The van der Waals surface area contributed by atoms with Crippen LogP contribution in [0, 0.1) is 29.0 Å². The van der Waals surface area contributed by atoms with E-state index in [2.05, 4.69) is 68.0 Å². The summed E-state index contributed by atoms with van der Waals surface area (Å²) in [6.07, 6.45) is 4.36. The molecular formula is C43H50F4N6OSi. The highest BCUT2D eigenvalue weighted by Crippen LogP contribution is 2.48.